The Hall–Kier alpha value is -3.89. The Balaban J connectivity index is 4.49. The molecule has 0 radical (unpaired) electrons. The van der Waals surface area contributed by atoms with Crippen LogP contribution < -0.4 is 5.73 Å². The lowest BCUT2D eigenvalue weighted by Crippen LogP contribution is -2.34. The van der Waals surface area contributed by atoms with Gasteiger partial charge < -0.3 is 25.2 Å². The Morgan fingerprint density at radius 3 is 1.32 bits per heavy atom. The molecule has 0 aliphatic rings. The highest BCUT2D eigenvalue weighted by Crippen LogP contribution is 2.43. The van der Waals surface area contributed by atoms with Crippen molar-refractivity contribution in [1.82, 2.24) is 0 Å². The van der Waals surface area contributed by atoms with Crippen molar-refractivity contribution in [2.24, 2.45) is 5.73 Å². The van der Waals surface area contributed by atoms with Crippen LogP contribution in [0.1, 0.15) is 117 Å². The molecule has 0 spiro atoms. The molecule has 330 valence electrons. The average Bonchev–Trinajstić information content (AvgIpc) is 3.21. The number of esters is 1. The summed E-state index contributed by atoms with van der Waals surface area (Å²) in [6.45, 7) is 3.33. The average molecular weight is 840 g/mol. The molecule has 11 heteroatoms. The number of unbranched alkanes of at least 4 members (excludes halogenated alkanes) is 2. The van der Waals surface area contributed by atoms with Crippen LogP contribution in [-0.4, -0.2) is 60.5 Å². The van der Waals surface area contributed by atoms with Crippen molar-refractivity contribution in [2.75, 3.05) is 26.4 Å². The molecule has 10 nitrogen and oxygen atoms in total. The maximum atomic E-state index is 12.6. The highest BCUT2D eigenvalue weighted by Gasteiger charge is 2.27. The summed E-state index contributed by atoms with van der Waals surface area (Å²) in [6.07, 6.45) is 59.6. The third kappa shape index (κ3) is 42.1. The van der Waals surface area contributed by atoms with Gasteiger partial charge in [-0.2, -0.15) is 0 Å². The Labute approximate surface area is 356 Å². The zero-order chi connectivity index (χ0) is 43.3. The molecule has 4 N–H and O–H groups in total. The van der Waals surface area contributed by atoms with E-state index in [1.807, 2.05) is 12.2 Å². The van der Waals surface area contributed by atoms with Crippen molar-refractivity contribution in [1.29, 1.82) is 0 Å². The molecule has 3 atom stereocenters. The summed E-state index contributed by atoms with van der Waals surface area (Å²) < 4.78 is 33.2. The predicted molar refractivity (Wildman–Crippen MR) is 244 cm³/mol. The van der Waals surface area contributed by atoms with Gasteiger partial charge in [0.25, 0.3) is 0 Å². The number of carboxylic acid groups (broad SMARTS) is 1. The van der Waals surface area contributed by atoms with Gasteiger partial charge >= 0.3 is 19.8 Å². The lowest BCUT2D eigenvalue weighted by molar-refractivity contribution is -0.154. The monoisotopic (exact) mass is 840 g/mol. The van der Waals surface area contributed by atoms with Crippen molar-refractivity contribution < 1.29 is 42.7 Å². The first-order valence-corrected chi connectivity index (χ1v) is 22.7. The molecule has 0 aliphatic carbocycles. The van der Waals surface area contributed by atoms with Crippen LogP contribution in [0.4, 0.5) is 0 Å². The molecular formula is C48H74NO9P. The normalized spacial score (nSPS) is 15.2. The fourth-order valence-electron chi connectivity index (χ4n) is 4.73. The number of phosphoric ester groups is 1. The number of phosphoric acid groups is 1. The summed E-state index contributed by atoms with van der Waals surface area (Å²) in [6, 6.07) is -1.50. The Morgan fingerprint density at radius 2 is 0.915 bits per heavy atom. The van der Waals surface area contributed by atoms with Gasteiger partial charge in [0.2, 0.25) is 0 Å². The first-order chi connectivity index (χ1) is 28.7. The van der Waals surface area contributed by atoms with Crippen LogP contribution in [0.15, 0.2) is 134 Å². The summed E-state index contributed by atoms with van der Waals surface area (Å²) in [5.74, 6) is -1.87. The molecule has 0 fully saturated rings. The van der Waals surface area contributed by atoms with Gasteiger partial charge in [-0.15, -0.1) is 0 Å². The van der Waals surface area contributed by atoms with Crippen molar-refractivity contribution >= 4 is 19.8 Å². The smallest absolute Gasteiger partial charge is 0.472 e. The molecule has 0 saturated carbocycles. The maximum Gasteiger partial charge on any atom is 0.472 e. The molecule has 3 unspecified atom stereocenters. The number of allylic oxidation sites excluding steroid dienone is 21. The van der Waals surface area contributed by atoms with Gasteiger partial charge in [-0.3, -0.25) is 18.6 Å². The summed E-state index contributed by atoms with van der Waals surface area (Å²) >= 11 is 0. The molecule has 0 aromatic heterocycles. The number of aliphatic carboxylic acids is 1. The number of carbonyl (C=O) groups is 2. The third-order valence-electron chi connectivity index (χ3n) is 7.94. The minimum absolute atomic E-state index is 0.0658. The van der Waals surface area contributed by atoms with Crippen molar-refractivity contribution in [2.45, 2.75) is 129 Å². The van der Waals surface area contributed by atoms with E-state index in [1.165, 1.54) is 0 Å². The van der Waals surface area contributed by atoms with Crippen molar-refractivity contribution in [3.05, 3.63) is 134 Å². The molecule has 0 amide bonds. The largest absolute Gasteiger partial charge is 0.480 e. The lowest BCUT2D eigenvalue weighted by atomic mass is 10.2. The number of nitrogens with two attached hydrogens (primary N) is 1. The SMILES string of the molecule is CC/C=C\C/C=C\C/C=C\C/C=C\C/C=C\C/C=C\CCCCC(=O)OC(COCC/C=C\C/C=C\C/C=C\C/C=C\C/C=C\CC)COP(=O)(O)OCC(N)C(=O)O. The van der Waals surface area contributed by atoms with E-state index in [4.69, 9.17) is 24.8 Å². The van der Waals surface area contributed by atoms with Gasteiger partial charge in [-0.1, -0.05) is 148 Å². The molecule has 59 heavy (non-hydrogen) atoms. The number of hydrogen-bond donors (Lipinski definition) is 3. The van der Waals surface area contributed by atoms with E-state index in [9.17, 15) is 19.0 Å². The van der Waals surface area contributed by atoms with Gasteiger partial charge in [-0.05, 0) is 96.3 Å². The minimum Gasteiger partial charge on any atom is -0.480 e. The van der Waals surface area contributed by atoms with E-state index in [0.29, 0.717) is 19.4 Å². The van der Waals surface area contributed by atoms with Gasteiger partial charge in [0.1, 0.15) is 12.1 Å². The molecule has 0 aliphatic heterocycles. The maximum absolute atomic E-state index is 12.6. The second-order valence-corrected chi connectivity index (χ2v) is 14.8. The Kier molecular flexibility index (Phi) is 39.5. The minimum atomic E-state index is -4.66. The summed E-state index contributed by atoms with van der Waals surface area (Å²) in [4.78, 5) is 33.5. The third-order valence-corrected chi connectivity index (χ3v) is 8.90. The second-order valence-electron chi connectivity index (χ2n) is 13.3. The quantitative estimate of drug-likeness (QED) is 0.0237. The Bertz CT molecular complexity index is 1440. The first kappa shape index (κ1) is 55.1. The lowest BCUT2D eigenvalue weighted by Gasteiger charge is -2.20. The molecule has 0 saturated heterocycles. The van der Waals surface area contributed by atoms with Crippen LogP contribution in [-0.2, 0) is 32.7 Å². The van der Waals surface area contributed by atoms with Crippen LogP contribution >= 0.6 is 7.82 Å². The molecular weight excluding hydrogens is 766 g/mol. The van der Waals surface area contributed by atoms with E-state index in [-0.39, 0.29) is 13.0 Å². The van der Waals surface area contributed by atoms with Gasteiger partial charge in [-0.25, -0.2) is 4.57 Å². The van der Waals surface area contributed by atoms with Crippen LogP contribution in [0.25, 0.3) is 0 Å². The van der Waals surface area contributed by atoms with Gasteiger partial charge in [0.05, 0.1) is 26.4 Å². The zero-order valence-electron chi connectivity index (χ0n) is 35.8. The Morgan fingerprint density at radius 1 is 0.542 bits per heavy atom. The summed E-state index contributed by atoms with van der Waals surface area (Å²) in [7, 11) is -4.66. The molecule has 0 aromatic carbocycles. The second kappa shape index (κ2) is 42.2. The number of rotatable bonds is 38. The van der Waals surface area contributed by atoms with Crippen molar-refractivity contribution in [3.63, 3.8) is 0 Å². The van der Waals surface area contributed by atoms with Crippen LogP contribution in [0, 0.1) is 0 Å². The standard InChI is InChI=1S/C48H74NO9P/c1-3-5-7-9-11-13-15-17-19-21-22-23-24-25-26-28-30-32-34-36-38-40-47(50)58-45(43-56-59(53,54)57-44-46(49)48(51)52)42-55-41-39-37-35-33-31-29-27-20-18-16-14-12-10-8-6-4-2/h5-8,11-14,17-20,22-23,25-26,29-32,35,37,45-46H,3-4,9-10,15-16,21,24,27-28,33-34,36,38-44,49H2,1-2H3,(H,51,52)(H,53,54)/b7-5-,8-6-,13-11-,14-12-,19-17-,20-18-,23-22-,26-25-,31-29-,32-30-,37-35-. The van der Waals surface area contributed by atoms with Crippen LogP contribution in [0.3, 0.4) is 0 Å². The fourth-order valence-corrected chi connectivity index (χ4v) is 5.51. The van der Waals surface area contributed by atoms with E-state index in [0.717, 1.165) is 83.5 Å². The number of carboxylic acids is 1. The molecule has 0 bridgehead atoms. The van der Waals surface area contributed by atoms with E-state index < -0.39 is 45.1 Å². The van der Waals surface area contributed by atoms with E-state index >= 15 is 0 Å². The highest BCUT2D eigenvalue weighted by atomic mass is 31.2. The zero-order valence-corrected chi connectivity index (χ0v) is 36.7. The highest BCUT2D eigenvalue weighted by molar-refractivity contribution is 7.47. The first-order valence-electron chi connectivity index (χ1n) is 21.2. The number of hydrogen-bond acceptors (Lipinski definition) is 8. The summed E-state index contributed by atoms with van der Waals surface area (Å²) in [5, 5.41) is 8.89. The topological polar surface area (TPSA) is 155 Å². The fraction of sp³-hybridized carbons (Fsp3) is 0.500. The van der Waals surface area contributed by atoms with E-state index in [2.05, 4.69) is 140 Å². The number of ether oxygens (including phenoxy) is 2. The predicted octanol–water partition coefficient (Wildman–Crippen LogP) is 11.9. The van der Waals surface area contributed by atoms with Gasteiger partial charge in [0, 0.05) is 6.42 Å². The van der Waals surface area contributed by atoms with E-state index in [1.54, 1.807) is 0 Å². The molecule has 0 rings (SSSR count). The molecule has 0 heterocycles. The van der Waals surface area contributed by atoms with Crippen LogP contribution in [0.2, 0.25) is 0 Å². The van der Waals surface area contributed by atoms with Crippen molar-refractivity contribution in [3.8, 4) is 0 Å². The molecule has 0 aromatic rings. The number of carbonyl (C=O) groups excluding carboxylic acids is 1. The van der Waals surface area contributed by atoms with Crippen LogP contribution in [0.5, 0.6) is 0 Å². The van der Waals surface area contributed by atoms with Gasteiger partial charge in [0.15, 0.2) is 0 Å². The summed E-state index contributed by atoms with van der Waals surface area (Å²) in [5.41, 5.74) is 5.34.